The number of nitrogens with zero attached hydrogens (tertiary/aromatic N) is 2. The number of hydrogen-bond donors (Lipinski definition) is 1. The molecule has 0 amide bonds. The monoisotopic (exact) mass is 728 g/mol. The summed E-state index contributed by atoms with van der Waals surface area (Å²) in [7, 11) is 0. The zero-order chi connectivity index (χ0) is 38.9. The zero-order valence-corrected chi connectivity index (χ0v) is 34.0. The summed E-state index contributed by atoms with van der Waals surface area (Å²) in [4.78, 5) is 60.7. The van der Waals surface area contributed by atoms with Crippen molar-refractivity contribution in [2.75, 3.05) is 0 Å². The van der Waals surface area contributed by atoms with E-state index in [0.717, 1.165) is 62.6 Å². The van der Waals surface area contributed by atoms with Crippen molar-refractivity contribution in [2.24, 2.45) is 56.2 Å². The standard InChI is InChI=1S/C45H64N2O6/c1-27(2)37-32(49)24-45(19-13-29(48)23-28(3)31-16-22-46-26-47-31)21-20-43(9)30(38(37)45)11-12-34-42(8)17-15-35(53-36(50)25-40(4,5)39(51)52)41(6,7)33(42)14-18-44(34,43)10/h13,16,19,22,26-28,30,33-35H,11-12,14-15,17-18,20-21,23-25H2,1-10H3,(H,51,52)/b19-13+/t28-,30+,33-,34+,35-,42-,43+,44+,45-/m0/s1. The maximum atomic E-state index is 14.0. The molecule has 0 unspecified atom stereocenters. The van der Waals surface area contributed by atoms with E-state index in [1.165, 1.54) is 11.9 Å². The van der Waals surface area contributed by atoms with Crippen LogP contribution in [0.25, 0.3) is 0 Å². The number of allylic oxidation sites excluding steroid dienone is 4. The molecule has 8 nitrogen and oxygen atoms in total. The van der Waals surface area contributed by atoms with Crippen molar-refractivity contribution >= 4 is 23.5 Å². The maximum absolute atomic E-state index is 14.0. The molecule has 0 saturated heterocycles. The van der Waals surface area contributed by atoms with Gasteiger partial charge in [0.2, 0.25) is 0 Å². The van der Waals surface area contributed by atoms with E-state index in [2.05, 4.69) is 64.5 Å². The minimum Gasteiger partial charge on any atom is -0.481 e. The smallest absolute Gasteiger partial charge is 0.309 e. The largest absolute Gasteiger partial charge is 0.481 e. The summed E-state index contributed by atoms with van der Waals surface area (Å²) in [5, 5.41) is 9.61. The number of hydrogen-bond acceptors (Lipinski definition) is 7. The Morgan fingerprint density at radius 3 is 2.32 bits per heavy atom. The number of aliphatic carboxylic acids is 1. The van der Waals surface area contributed by atoms with E-state index in [1.807, 2.05) is 13.0 Å². The number of Topliss-reactive ketones (excluding diaryl/α,β-unsaturated/α-hetero) is 1. The normalized spacial score (nSPS) is 37.1. The van der Waals surface area contributed by atoms with Gasteiger partial charge in [-0.15, -0.1) is 0 Å². The van der Waals surface area contributed by atoms with Gasteiger partial charge in [-0.1, -0.05) is 61.5 Å². The van der Waals surface area contributed by atoms with Crippen LogP contribution in [0.2, 0.25) is 0 Å². The number of ether oxygens (including phenoxy) is 1. The molecule has 8 heteroatoms. The fourth-order valence-corrected chi connectivity index (χ4v) is 13.0. The van der Waals surface area contributed by atoms with Crippen molar-refractivity contribution in [3.05, 3.63) is 47.6 Å². The van der Waals surface area contributed by atoms with Gasteiger partial charge in [-0.3, -0.25) is 19.2 Å². The molecule has 53 heavy (non-hydrogen) atoms. The molecule has 0 bridgehead atoms. The van der Waals surface area contributed by atoms with Crippen LogP contribution < -0.4 is 0 Å². The highest BCUT2D eigenvalue weighted by atomic mass is 16.5. The van der Waals surface area contributed by atoms with E-state index in [1.54, 1.807) is 26.1 Å². The van der Waals surface area contributed by atoms with Crippen LogP contribution in [0.5, 0.6) is 0 Å². The molecule has 9 atom stereocenters. The van der Waals surface area contributed by atoms with Crippen LogP contribution in [0.4, 0.5) is 0 Å². The number of rotatable bonds is 10. The van der Waals surface area contributed by atoms with Crippen LogP contribution in [0.15, 0.2) is 41.9 Å². The van der Waals surface area contributed by atoms with Gasteiger partial charge in [0, 0.05) is 41.5 Å². The molecule has 1 N–H and O–H groups in total. The van der Waals surface area contributed by atoms with Gasteiger partial charge >= 0.3 is 11.9 Å². The average molecular weight is 729 g/mol. The van der Waals surface area contributed by atoms with E-state index in [9.17, 15) is 24.3 Å². The second-order valence-corrected chi connectivity index (χ2v) is 20.1. The minimum absolute atomic E-state index is 0.00272. The molecule has 6 rings (SSSR count). The summed E-state index contributed by atoms with van der Waals surface area (Å²) in [5.41, 5.74) is 1.53. The summed E-state index contributed by atoms with van der Waals surface area (Å²) in [5.74, 6) is 0.164. The predicted molar refractivity (Wildman–Crippen MR) is 205 cm³/mol. The Morgan fingerprint density at radius 1 is 0.962 bits per heavy atom. The van der Waals surface area contributed by atoms with Crippen LogP contribution in [-0.2, 0) is 23.9 Å². The molecule has 0 aromatic carbocycles. The number of fused-ring (bicyclic) bond motifs is 7. The third-order valence-corrected chi connectivity index (χ3v) is 16.1. The number of carbonyl (C=O) groups is 4. The lowest BCUT2D eigenvalue weighted by Crippen LogP contribution is -2.65. The molecule has 0 radical (unpaired) electrons. The first-order chi connectivity index (χ1) is 24.6. The van der Waals surface area contributed by atoms with Gasteiger partial charge in [0.25, 0.3) is 0 Å². The molecule has 0 spiro atoms. The lowest BCUT2D eigenvalue weighted by Gasteiger charge is -2.72. The second-order valence-electron chi connectivity index (χ2n) is 20.1. The van der Waals surface area contributed by atoms with Gasteiger partial charge < -0.3 is 9.84 Å². The van der Waals surface area contributed by atoms with Crippen LogP contribution in [-0.4, -0.2) is 44.7 Å². The van der Waals surface area contributed by atoms with E-state index >= 15 is 0 Å². The van der Waals surface area contributed by atoms with Crippen molar-refractivity contribution in [3.63, 3.8) is 0 Å². The molecule has 1 heterocycles. The number of carboxylic acids is 1. The number of carbonyl (C=O) groups excluding carboxylic acids is 3. The Morgan fingerprint density at radius 2 is 1.68 bits per heavy atom. The molecule has 4 saturated carbocycles. The van der Waals surface area contributed by atoms with Crippen molar-refractivity contribution in [2.45, 2.75) is 152 Å². The van der Waals surface area contributed by atoms with Crippen molar-refractivity contribution in [1.82, 2.24) is 9.97 Å². The molecule has 5 aliphatic carbocycles. The quantitative estimate of drug-likeness (QED) is 0.187. The van der Waals surface area contributed by atoms with Crippen molar-refractivity contribution < 1.29 is 29.0 Å². The molecule has 290 valence electrons. The summed E-state index contributed by atoms with van der Waals surface area (Å²) in [6.07, 6.45) is 15.5. The molecular weight excluding hydrogens is 665 g/mol. The van der Waals surface area contributed by atoms with E-state index in [4.69, 9.17) is 4.74 Å². The Hall–Kier alpha value is -3.16. The third-order valence-electron chi connectivity index (χ3n) is 16.1. The lowest BCUT2D eigenvalue weighted by atomic mass is 9.33. The Kier molecular flexibility index (Phi) is 10.1. The zero-order valence-electron chi connectivity index (χ0n) is 34.0. The highest BCUT2D eigenvalue weighted by Gasteiger charge is 2.70. The highest BCUT2D eigenvalue weighted by Crippen LogP contribution is 2.77. The molecule has 1 aromatic rings. The number of esters is 1. The second kappa shape index (κ2) is 13.5. The van der Waals surface area contributed by atoms with Gasteiger partial charge in [0.05, 0.1) is 11.8 Å². The van der Waals surface area contributed by atoms with Gasteiger partial charge in [-0.25, -0.2) is 9.97 Å². The first-order valence-corrected chi connectivity index (χ1v) is 20.3. The van der Waals surface area contributed by atoms with Crippen molar-refractivity contribution in [3.8, 4) is 0 Å². The first kappa shape index (κ1) is 39.5. The Labute approximate surface area is 317 Å². The number of aromatic nitrogens is 2. The SMILES string of the molecule is CC(C)C1=C2[C@H]3CC[C@@H]4[C@@]5(C)CC[C@H](OC(=O)CC(C)(C)C(=O)O)C(C)(C)[C@@H]5CC[C@@]4(C)[C@]3(C)CC[C@@]2(/C=C/C(=O)C[C@H](C)c2ccncn2)CC1=O. The van der Waals surface area contributed by atoms with Gasteiger partial charge in [0.1, 0.15) is 12.4 Å². The van der Waals surface area contributed by atoms with Crippen LogP contribution in [0.3, 0.4) is 0 Å². The minimum atomic E-state index is -1.17. The predicted octanol–water partition coefficient (Wildman–Crippen LogP) is 9.49. The molecular formula is C45H64N2O6. The average Bonchev–Trinajstić information content (AvgIpc) is 3.38. The van der Waals surface area contributed by atoms with E-state index < -0.39 is 22.8 Å². The topological polar surface area (TPSA) is 124 Å². The van der Waals surface area contributed by atoms with E-state index in [-0.39, 0.29) is 63.5 Å². The third kappa shape index (κ3) is 6.36. The summed E-state index contributed by atoms with van der Waals surface area (Å²) in [6.45, 7) is 21.7. The molecule has 1 aromatic heterocycles. The van der Waals surface area contributed by atoms with Crippen LogP contribution in [0.1, 0.15) is 151 Å². The molecule has 4 fully saturated rings. The Bertz CT molecular complexity index is 1710. The number of ketones is 2. The Balaban J connectivity index is 1.27. The summed E-state index contributed by atoms with van der Waals surface area (Å²) < 4.78 is 6.16. The van der Waals surface area contributed by atoms with E-state index in [0.29, 0.717) is 24.7 Å². The summed E-state index contributed by atoms with van der Waals surface area (Å²) in [6, 6.07) is 1.87. The number of carboxylic acid groups (broad SMARTS) is 1. The lowest BCUT2D eigenvalue weighted by molar-refractivity contribution is -0.232. The fraction of sp³-hybridized carbons (Fsp3) is 0.733. The van der Waals surface area contributed by atoms with Gasteiger partial charge in [-0.05, 0) is 128 Å². The molecule has 5 aliphatic rings. The highest BCUT2D eigenvalue weighted by molar-refractivity contribution is 6.01. The molecule has 0 aliphatic heterocycles. The maximum Gasteiger partial charge on any atom is 0.309 e. The first-order valence-electron chi connectivity index (χ1n) is 20.3. The van der Waals surface area contributed by atoms with Crippen LogP contribution in [0, 0.1) is 56.2 Å². The van der Waals surface area contributed by atoms with Gasteiger partial charge in [0.15, 0.2) is 11.6 Å². The van der Waals surface area contributed by atoms with Gasteiger partial charge in [-0.2, -0.15) is 0 Å². The van der Waals surface area contributed by atoms with Crippen LogP contribution >= 0.6 is 0 Å². The van der Waals surface area contributed by atoms with Crippen molar-refractivity contribution in [1.29, 1.82) is 0 Å². The summed E-state index contributed by atoms with van der Waals surface area (Å²) >= 11 is 0. The fourth-order valence-electron chi connectivity index (χ4n) is 13.0.